The number of aromatic nitrogens is 3. The van der Waals surface area contributed by atoms with E-state index in [9.17, 15) is 8.42 Å². The van der Waals surface area contributed by atoms with Crippen molar-refractivity contribution in [2.75, 3.05) is 10.5 Å². The van der Waals surface area contributed by atoms with Gasteiger partial charge in [0, 0.05) is 0 Å². The van der Waals surface area contributed by atoms with Gasteiger partial charge in [-0.05, 0) is 22.9 Å². The SMILES string of the molecule is Nc1nc(NS(=O)(=O)c2ccc3ccccc3c2)n[nH]1. The summed E-state index contributed by atoms with van der Waals surface area (Å²) in [6.45, 7) is 0. The predicted molar refractivity (Wildman–Crippen MR) is 75.6 cm³/mol. The molecule has 0 radical (unpaired) electrons. The number of H-pyrrole nitrogens is 1. The number of nitrogens with zero attached hydrogens (tertiary/aromatic N) is 2. The van der Waals surface area contributed by atoms with Crippen LogP contribution in [-0.2, 0) is 10.0 Å². The van der Waals surface area contributed by atoms with E-state index < -0.39 is 10.0 Å². The Morgan fingerprint density at radius 1 is 1.10 bits per heavy atom. The summed E-state index contributed by atoms with van der Waals surface area (Å²) in [4.78, 5) is 3.84. The third-order valence-corrected chi connectivity index (χ3v) is 4.09. The molecular weight excluding hydrogens is 278 g/mol. The van der Waals surface area contributed by atoms with Gasteiger partial charge in [-0.2, -0.15) is 4.98 Å². The Bertz CT molecular complexity index is 872. The number of aromatic amines is 1. The van der Waals surface area contributed by atoms with Gasteiger partial charge in [0.1, 0.15) is 0 Å². The first-order chi connectivity index (χ1) is 9.54. The third-order valence-electron chi connectivity index (χ3n) is 2.76. The fraction of sp³-hybridized carbons (Fsp3) is 0. The molecule has 0 saturated carbocycles. The molecule has 8 heteroatoms. The molecule has 7 nitrogen and oxygen atoms in total. The molecule has 4 N–H and O–H groups in total. The van der Waals surface area contributed by atoms with E-state index in [-0.39, 0.29) is 16.8 Å². The van der Waals surface area contributed by atoms with Crippen LogP contribution in [-0.4, -0.2) is 23.6 Å². The number of benzene rings is 2. The number of sulfonamides is 1. The molecule has 0 aliphatic heterocycles. The molecule has 2 aromatic carbocycles. The standard InChI is InChI=1S/C12H11N5O2S/c13-11-14-12(16-15-11)17-20(18,19)10-6-5-8-3-1-2-4-9(8)7-10/h1-7H,(H4,13,14,15,16,17). The number of nitrogen functional groups attached to an aromatic ring is 1. The molecule has 0 saturated heterocycles. The molecule has 102 valence electrons. The molecule has 0 amide bonds. The molecule has 1 aromatic heterocycles. The summed E-state index contributed by atoms with van der Waals surface area (Å²) in [6.07, 6.45) is 0. The normalized spacial score (nSPS) is 11.6. The number of hydrogen-bond acceptors (Lipinski definition) is 5. The molecular formula is C12H11N5O2S. The van der Waals surface area contributed by atoms with Crippen LogP contribution in [0.25, 0.3) is 10.8 Å². The summed E-state index contributed by atoms with van der Waals surface area (Å²) in [6, 6.07) is 12.4. The Labute approximate surface area is 114 Å². The Hall–Kier alpha value is -2.61. The van der Waals surface area contributed by atoms with Crippen molar-refractivity contribution in [3.05, 3.63) is 42.5 Å². The van der Waals surface area contributed by atoms with Crippen molar-refractivity contribution >= 4 is 32.7 Å². The highest BCUT2D eigenvalue weighted by molar-refractivity contribution is 7.92. The molecule has 0 atom stereocenters. The topological polar surface area (TPSA) is 114 Å². The fourth-order valence-electron chi connectivity index (χ4n) is 1.83. The van der Waals surface area contributed by atoms with E-state index >= 15 is 0 Å². The van der Waals surface area contributed by atoms with Crippen LogP contribution in [0.4, 0.5) is 11.9 Å². The van der Waals surface area contributed by atoms with Crippen LogP contribution in [0.15, 0.2) is 47.4 Å². The zero-order valence-corrected chi connectivity index (χ0v) is 11.1. The Morgan fingerprint density at radius 2 is 1.85 bits per heavy atom. The van der Waals surface area contributed by atoms with Gasteiger partial charge in [-0.3, -0.25) is 0 Å². The van der Waals surface area contributed by atoms with Gasteiger partial charge < -0.3 is 5.73 Å². The average Bonchev–Trinajstić information content (AvgIpc) is 2.83. The summed E-state index contributed by atoms with van der Waals surface area (Å²) in [7, 11) is -3.74. The predicted octanol–water partition coefficient (Wildman–Crippen LogP) is 1.34. The van der Waals surface area contributed by atoms with Crippen molar-refractivity contribution < 1.29 is 8.42 Å². The van der Waals surface area contributed by atoms with Gasteiger partial charge >= 0.3 is 0 Å². The second kappa shape index (κ2) is 4.49. The Balaban J connectivity index is 2.00. The highest BCUT2D eigenvalue weighted by atomic mass is 32.2. The lowest BCUT2D eigenvalue weighted by molar-refractivity contribution is 0.601. The molecule has 0 spiro atoms. The van der Waals surface area contributed by atoms with Crippen molar-refractivity contribution in [3.8, 4) is 0 Å². The molecule has 1 heterocycles. The minimum absolute atomic E-state index is 0.0428. The van der Waals surface area contributed by atoms with Crippen LogP contribution in [0.5, 0.6) is 0 Å². The maximum Gasteiger partial charge on any atom is 0.264 e. The lowest BCUT2D eigenvalue weighted by atomic mass is 10.1. The van der Waals surface area contributed by atoms with E-state index in [1.807, 2.05) is 24.3 Å². The third kappa shape index (κ3) is 2.28. The summed E-state index contributed by atoms with van der Waals surface area (Å²) in [5.41, 5.74) is 5.35. The van der Waals surface area contributed by atoms with Gasteiger partial charge in [-0.1, -0.05) is 30.3 Å². The number of fused-ring (bicyclic) bond motifs is 1. The first kappa shape index (κ1) is 12.4. The van der Waals surface area contributed by atoms with Crippen LogP contribution in [0.1, 0.15) is 0 Å². The van der Waals surface area contributed by atoms with E-state index in [1.54, 1.807) is 12.1 Å². The first-order valence-corrected chi connectivity index (χ1v) is 7.22. The number of rotatable bonds is 3. The van der Waals surface area contributed by atoms with Crippen LogP contribution in [0.2, 0.25) is 0 Å². The summed E-state index contributed by atoms with van der Waals surface area (Å²) < 4.78 is 26.7. The van der Waals surface area contributed by atoms with Gasteiger partial charge in [0.15, 0.2) is 0 Å². The van der Waals surface area contributed by atoms with Crippen molar-refractivity contribution in [3.63, 3.8) is 0 Å². The highest BCUT2D eigenvalue weighted by Crippen LogP contribution is 2.20. The molecule has 20 heavy (non-hydrogen) atoms. The minimum atomic E-state index is -3.74. The Morgan fingerprint density at radius 3 is 2.55 bits per heavy atom. The van der Waals surface area contributed by atoms with Gasteiger partial charge in [0.2, 0.25) is 5.95 Å². The molecule has 0 fully saturated rings. The van der Waals surface area contributed by atoms with Crippen molar-refractivity contribution in [1.82, 2.24) is 15.2 Å². The molecule has 0 aliphatic rings. The summed E-state index contributed by atoms with van der Waals surface area (Å²) in [5.74, 6) is -0.0446. The van der Waals surface area contributed by atoms with Crippen LogP contribution in [0.3, 0.4) is 0 Å². The smallest absolute Gasteiger partial charge is 0.264 e. The zero-order valence-electron chi connectivity index (χ0n) is 10.2. The van der Waals surface area contributed by atoms with E-state index in [0.29, 0.717) is 0 Å². The minimum Gasteiger partial charge on any atom is -0.368 e. The molecule has 3 rings (SSSR count). The van der Waals surface area contributed by atoms with E-state index in [2.05, 4.69) is 19.9 Å². The van der Waals surface area contributed by atoms with Crippen LogP contribution < -0.4 is 10.5 Å². The largest absolute Gasteiger partial charge is 0.368 e. The van der Waals surface area contributed by atoms with Gasteiger partial charge in [-0.25, -0.2) is 18.2 Å². The monoisotopic (exact) mass is 289 g/mol. The average molecular weight is 289 g/mol. The lowest BCUT2D eigenvalue weighted by Gasteiger charge is -2.05. The zero-order chi connectivity index (χ0) is 14.2. The first-order valence-electron chi connectivity index (χ1n) is 5.74. The van der Waals surface area contributed by atoms with Crippen molar-refractivity contribution in [1.29, 1.82) is 0 Å². The van der Waals surface area contributed by atoms with Crippen LogP contribution >= 0.6 is 0 Å². The number of hydrogen-bond donors (Lipinski definition) is 3. The summed E-state index contributed by atoms with van der Waals surface area (Å²) in [5, 5.41) is 7.80. The van der Waals surface area contributed by atoms with Gasteiger partial charge in [0.05, 0.1) is 4.90 Å². The van der Waals surface area contributed by atoms with E-state index in [0.717, 1.165) is 10.8 Å². The van der Waals surface area contributed by atoms with Crippen molar-refractivity contribution in [2.45, 2.75) is 4.90 Å². The Kier molecular flexibility index (Phi) is 2.79. The second-order valence-corrected chi connectivity index (χ2v) is 5.84. The maximum atomic E-state index is 12.2. The number of nitrogens with two attached hydrogens (primary N) is 1. The van der Waals surface area contributed by atoms with Crippen LogP contribution in [0, 0.1) is 0 Å². The number of nitrogens with one attached hydrogen (secondary N) is 2. The van der Waals surface area contributed by atoms with Gasteiger partial charge in [-0.15, -0.1) is 5.10 Å². The van der Waals surface area contributed by atoms with Crippen molar-refractivity contribution in [2.24, 2.45) is 0 Å². The molecule has 0 bridgehead atoms. The summed E-state index contributed by atoms with van der Waals surface area (Å²) >= 11 is 0. The lowest BCUT2D eigenvalue weighted by Crippen LogP contribution is -2.14. The second-order valence-electron chi connectivity index (χ2n) is 4.16. The maximum absolute atomic E-state index is 12.2. The quantitative estimate of drug-likeness (QED) is 0.673. The molecule has 3 aromatic rings. The van der Waals surface area contributed by atoms with E-state index in [4.69, 9.17) is 5.73 Å². The highest BCUT2D eigenvalue weighted by Gasteiger charge is 2.16. The van der Waals surface area contributed by atoms with E-state index in [1.165, 1.54) is 6.07 Å². The molecule has 0 unspecified atom stereocenters. The molecule has 0 aliphatic carbocycles. The fourth-order valence-corrected chi connectivity index (χ4v) is 2.81. The van der Waals surface area contributed by atoms with Gasteiger partial charge in [0.25, 0.3) is 16.0 Å². The number of anilines is 2.